The number of hydrogen-bond acceptors (Lipinski definition) is 3. The van der Waals surface area contributed by atoms with Gasteiger partial charge in [0.15, 0.2) is 0 Å². The second-order valence-corrected chi connectivity index (χ2v) is 5.03. The first-order chi connectivity index (χ1) is 11.3. The molecule has 4 nitrogen and oxygen atoms in total. The van der Waals surface area contributed by atoms with Crippen LogP contribution in [0.5, 0.6) is 0 Å². The largest absolute Gasteiger partial charge is 0.472 e. The molecule has 0 unspecified atom stereocenters. The van der Waals surface area contributed by atoms with Crippen molar-refractivity contribution in [2.45, 2.75) is 6.54 Å². The van der Waals surface area contributed by atoms with E-state index in [1.807, 2.05) is 48.5 Å². The lowest BCUT2D eigenvalue weighted by atomic mass is 10.2. The Labute approximate surface area is 134 Å². The molecule has 2 heterocycles. The number of benzene rings is 1. The molecular formula is C19H16N2O2. The van der Waals surface area contributed by atoms with Crippen molar-refractivity contribution >= 4 is 12.0 Å². The maximum absolute atomic E-state index is 11.8. The lowest BCUT2D eigenvalue weighted by Gasteiger charge is -2.03. The Hall–Kier alpha value is -3.14. The van der Waals surface area contributed by atoms with Crippen LogP contribution in [0, 0.1) is 0 Å². The fourth-order valence-electron chi connectivity index (χ4n) is 2.09. The molecule has 0 fully saturated rings. The molecule has 0 bridgehead atoms. The Balaban J connectivity index is 1.54. The van der Waals surface area contributed by atoms with Crippen molar-refractivity contribution in [3.63, 3.8) is 0 Å². The molecule has 2 aromatic heterocycles. The minimum absolute atomic E-state index is 0.132. The van der Waals surface area contributed by atoms with Gasteiger partial charge in [0, 0.05) is 24.4 Å². The van der Waals surface area contributed by atoms with Gasteiger partial charge in [-0.25, -0.2) is 0 Å². The number of aromatic nitrogens is 1. The van der Waals surface area contributed by atoms with Crippen LogP contribution in [-0.2, 0) is 11.3 Å². The van der Waals surface area contributed by atoms with Crippen LogP contribution in [0.1, 0.15) is 11.1 Å². The zero-order valence-corrected chi connectivity index (χ0v) is 12.5. The van der Waals surface area contributed by atoms with Gasteiger partial charge < -0.3 is 9.73 Å². The van der Waals surface area contributed by atoms with E-state index in [1.165, 1.54) is 6.08 Å². The Morgan fingerprint density at radius 3 is 2.70 bits per heavy atom. The molecule has 0 atom stereocenters. The van der Waals surface area contributed by atoms with Crippen molar-refractivity contribution in [1.29, 1.82) is 0 Å². The number of furan rings is 1. The molecular weight excluding hydrogens is 288 g/mol. The Morgan fingerprint density at radius 2 is 2.00 bits per heavy atom. The predicted molar refractivity (Wildman–Crippen MR) is 89.3 cm³/mol. The van der Waals surface area contributed by atoms with Gasteiger partial charge in [-0.1, -0.05) is 36.4 Å². The van der Waals surface area contributed by atoms with Gasteiger partial charge in [0.1, 0.15) is 0 Å². The van der Waals surface area contributed by atoms with Gasteiger partial charge in [-0.3, -0.25) is 9.78 Å². The van der Waals surface area contributed by atoms with Gasteiger partial charge in [-0.05, 0) is 29.3 Å². The molecule has 23 heavy (non-hydrogen) atoms. The highest BCUT2D eigenvalue weighted by Gasteiger charge is 2.02. The van der Waals surface area contributed by atoms with Gasteiger partial charge in [-0.15, -0.1) is 0 Å². The SMILES string of the molecule is O=C(/C=C/c1ccccc1)NCc1ccc(-c2ccoc2)nc1. The molecule has 0 spiro atoms. The van der Waals surface area contributed by atoms with Crippen LogP contribution < -0.4 is 5.32 Å². The molecule has 3 aromatic rings. The van der Waals surface area contributed by atoms with E-state index < -0.39 is 0 Å². The number of amides is 1. The van der Waals surface area contributed by atoms with Crippen molar-refractivity contribution in [1.82, 2.24) is 10.3 Å². The zero-order chi connectivity index (χ0) is 15.9. The van der Waals surface area contributed by atoms with Crippen LogP contribution in [0.3, 0.4) is 0 Å². The third kappa shape index (κ3) is 4.17. The summed E-state index contributed by atoms with van der Waals surface area (Å²) in [5, 5.41) is 2.84. The first-order valence-electron chi connectivity index (χ1n) is 7.30. The number of carbonyl (C=O) groups excluding carboxylic acids is 1. The van der Waals surface area contributed by atoms with Crippen LogP contribution >= 0.6 is 0 Å². The normalized spacial score (nSPS) is 10.8. The van der Waals surface area contributed by atoms with Gasteiger partial charge in [0.25, 0.3) is 0 Å². The molecule has 3 rings (SSSR count). The smallest absolute Gasteiger partial charge is 0.244 e. The number of rotatable bonds is 5. The molecule has 0 aliphatic rings. The lowest BCUT2D eigenvalue weighted by molar-refractivity contribution is -0.116. The quantitative estimate of drug-likeness (QED) is 0.732. The first-order valence-corrected chi connectivity index (χ1v) is 7.30. The molecule has 114 valence electrons. The Morgan fingerprint density at radius 1 is 1.13 bits per heavy atom. The summed E-state index contributed by atoms with van der Waals surface area (Å²) in [4.78, 5) is 16.2. The molecule has 0 saturated heterocycles. The summed E-state index contributed by atoms with van der Waals surface area (Å²) in [6.07, 6.45) is 8.34. The number of hydrogen-bond donors (Lipinski definition) is 1. The predicted octanol–water partition coefficient (Wildman–Crippen LogP) is 3.67. The molecule has 1 aromatic carbocycles. The van der Waals surface area contributed by atoms with E-state index in [-0.39, 0.29) is 5.91 Å². The summed E-state index contributed by atoms with van der Waals surface area (Å²) in [5.74, 6) is -0.132. The molecule has 0 saturated carbocycles. The highest BCUT2D eigenvalue weighted by Crippen LogP contribution is 2.16. The van der Waals surface area contributed by atoms with Crippen LogP contribution in [0.25, 0.3) is 17.3 Å². The Bertz CT molecular complexity index is 776. The zero-order valence-electron chi connectivity index (χ0n) is 12.5. The average Bonchev–Trinajstić information content (AvgIpc) is 3.14. The topological polar surface area (TPSA) is 55.1 Å². The molecule has 1 N–H and O–H groups in total. The number of nitrogens with zero attached hydrogens (tertiary/aromatic N) is 1. The van der Waals surface area contributed by atoms with Crippen molar-refractivity contribution in [3.8, 4) is 11.3 Å². The molecule has 0 aliphatic heterocycles. The first kappa shape index (κ1) is 14.8. The summed E-state index contributed by atoms with van der Waals surface area (Å²) in [5.41, 5.74) is 3.72. The molecule has 1 amide bonds. The van der Waals surface area contributed by atoms with Crippen LogP contribution in [-0.4, -0.2) is 10.9 Å². The molecule has 4 heteroatoms. The van der Waals surface area contributed by atoms with Gasteiger partial charge in [0.05, 0.1) is 18.2 Å². The van der Waals surface area contributed by atoms with Crippen LogP contribution in [0.4, 0.5) is 0 Å². The third-order valence-corrected chi connectivity index (χ3v) is 3.34. The summed E-state index contributed by atoms with van der Waals surface area (Å²) < 4.78 is 5.04. The summed E-state index contributed by atoms with van der Waals surface area (Å²) in [7, 11) is 0. The van der Waals surface area contributed by atoms with E-state index in [1.54, 1.807) is 24.8 Å². The van der Waals surface area contributed by atoms with Crippen molar-refractivity contribution in [2.75, 3.05) is 0 Å². The fraction of sp³-hybridized carbons (Fsp3) is 0.0526. The number of nitrogens with one attached hydrogen (secondary N) is 1. The summed E-state index contributed by atoms with van der Waals surface area (Å²) in [6.45, 7) is 0.441. The Kier molecular flexibility index (Phi) is 4.64. The van der Waals surface area contributed by atoms with E-state index in [0.717, 1.165) is 22.4 Å². The average molecular weight is 304 g/mol. The van der Waals surface area contributed by atoms with Crippen LogP contribution in [0.2, 0.25) is 0 Å². The van der Waals surface area contributed by atoms with Crippen molar-refractivity contribution in [3.05, 3.63) is 84.5 Å². The monoisotopic (exact) mass is 304 g/mol. The maximum Gasteiger partial charge on any atom is 0.244 e. The summed E-state index contributed by atoms with van der Waals surface area (Å²) in [6, 6.07) is 15.4. The standard InChI is InChI=1S/C19H16N2O2/c22-19(9-7-15-4-2-1-3-5-15)21-13-16-6-8-18(20-12-16)17-10-11-23-14-17/h1-12,14H,13H2,(H,21,22)/b9-7+. The minimum atomic E-state index is -0.132. The highest BCUT2D eigenvalue weighted by atomic mass is 16.3. The number of pyridine rings is 1. The summed E-state index contributed by atoms with van der Waals surface area (Å²) >= 11 is 0. The highest BCUT2D eigenvalue weighted by molar-refractivity contribution is 5.91. The van der Waals surface area contributed by atoms with Crippen molar-refractivity contribution in [2.24, 2.45) is 0 Å². The van der Waals surface area contributed by atoms with E-state index in [2.05, 4.69) is 10.3 Å². The van der Waals surface area contributed by atoms with E-state index in [4.69, 9.17) is 4.42 Å². The second kappa shape index (κ2) is 7.22. The van der Waals surface area contributed by atoms with E-state index >= 15 is 0 Å². The molecule has 0 radical (unpaired) electrons. The van der Waals surface area contributed by atoms with E-state index in [9.17, 15) is 4.79 Å². The number of carbonyl (C=O) groups is 1. The molecule has 0 aliphatic carbocycles. The van der Waals surface area contributed by atoms with Gasteiger partial charge in [0.2, 0.25) is 5.91 Å². The minimum Gasteiger partial charge on any atom is -0.472 e. The van der Waals surface area contributed by atoms with E-state index in [0.29, 0.717) is 6.54 Å². The van der Waals surface area contributed by atoms with Gasteiger partial charge >= 0.3 is 0 Å². The second-order valence-electron chi connectivity index (χ2n) is 5.03. The van der Waals surface area contributed by atoms with Crippen LogP contribution in [0.15, 0.2) is 77.7 Å². The fourth-order valence-corrected chi connectivity index (χ4v) is 2.09. The van der Waals surface area contributed by atoms with Crippen molar-refractivity contribution < 1.29 is 9.21 Å². The van der Waals surface area contributed by atoms with Gasteiger partial charge in [-0.2, -0.15) is 0 Å². The maximum atomic E-state index is 11.8. The lowest BCUT2D eigenvalue weighted by Crippen LogP contribution is -2.20. The third-order valence-electron chi connectivity index (χ3n) is 3.34.